The summed E-state index contributed by atoms with van der Waals surface area (Å²) in [7, 11) is 0. The van der Waals surface area contributed by atoms with Crippen LogP contribution in [0.5, 0.6) is 0 Å². The maximum atomic E-state index is 13.3. The summed E-state index contributed by atoms with van der Waals surface area (Å²) in [6, 6.07) is 10.1. The Balaban J connectivity index is 2.28. The first-order valence-corrected chi connectivity index (χ1v) is 5.95. The van der Waals surface area contributed by atoms with Crippen molar-refractivity contribution in [3.63, 3.8) is 0 Å². The van der Waals surface area contributed by atoms with E-state index in [1.54, 1.807) is 0 Å². The third-order valence-corrected chi connectivity index (χ3v) is 2.94. The molecule has 0 bridgehead atoms. The second-order valence-corrected chi connectivity index (χ2v) is 4.40. The first kappa shape index (κ1) is 13.8. The van der Waals surface area contributed by atoms with Crippen molar-refractivity contribution in [1.82, 2.24) is 0 Å². The van der Waals surface area contributed by atoms with Crippen molar-refractivity contribution >= 4 is 28.9 Å². The van der Waals surface area contributed by atoms with Gasteiger partial charge >= 0.3 is 0 Å². The molecule has 2 rings (SSSR count). The molecule has 0 spiro atoms. The van der Waals surface area contributed by atoms with Crippen LogP contribution in [0.1, 0.15) is 15.9 Å². The van der Waals surface area contributed by atoms with Crippen LogP contribution < -0.4 is 11.1 Å². The molecule has 2 aromatic carbocycles. The highest BCUT2D eigenvalue weighted by Crippen LogP contribution is 2.23. The Morgan fingerprint density at radius 3 is 2.70 bits per heavy atom. The van der Waals surface area contributed by atoms with Gasteiger partial charge in [0.1, 0.15) is 5.82 Å². The molecule has 0 atom stereocenters. The normalized spacial score (nSPS) is 9.85. The van der Waals surface area contributed by atoms with Gasteiger partial charge in [0.25, 0.3) is 5.91 Å². The van der Waals surface area contributed by atoms with Crippen LogP contribution in [0.3, 0.4) is 0 Å². The number of nitrogens with one attached hydrogen (secondary N) is 1. The van der Waals surface area contributed by atoms with E-state index in [1.165, 1.54) is 30.3 Å². The Morgan fingerprint density at radius 2 is 2.05 bits per heavy atom. The molecule has 0 aromatic heterocycles. The van der Waals surface area contributed by atoms with Gasteiger partial charge in [-0.2, -0.15) is 5.26 Å². The predicted octanol–water partition coefficient (Wildman–Crippen LogP) is 3.19. The van der Waals surface area contributed by atoms with Gasteiger partial charge in [0.15, 0.2) is 0 Å². The fraction of sp³-hybridized carbons (Fsp3) is 0. The fourth-order valence-corrected chi connectivity index (χ4v) is 1.72. The number of amides is 1. The number of carbonyl (C=O) groups is 1. The van der Waals surface area contributed by atoms with Gasteiger partial charge in [0.05, 0.1) is 28.0 Å². The largest absolute Gasteiger partial charge is 0.396 e. The minimum Gasteiger partial charge on any atom is -0.396 e. The fourth-order valence-electron chi connectivity index (χ4n) is 1.55. The standard InChI is InChI=1S/C14H9ClFN3O/c15-10-3-1-8(7-17)5-13(10)19-14(20)9-2-4-12(18)11(16)6-9/h1-6H,18H2,(H,19,20). The summed E-state index contributed by atoms with van der Waals surface area (Å²) in [6.45, 7) is 0. The Hall–Kier alpha value is -2.58. The molecule has 0 radical (unpaired) electrons. The summed E-state index contributed by atoms with van der Waals surface area (Å²) < 4.78 is 13.3. The van der Waals surface area contributed by atoms with Crippen LogP contribution in [0.15, 0.2) is 36.4 Å². The number of halogens is 2. The Bertz CT molecular complexity index is 725. The number of nitrogen functional groups attached to an aromatic ring is 1. The maximum absolute atomic E-state index is 13.3. The van der Waals surface area contributed by atoms with E-state index >= 15 is 0 Å². The third kappa shape index (κ3) is 2.87. The number of hydrogen-bond donors (Lipinski definition) is 2. The zero-order valence-electron chi connectivity index (χ0n) is 10.2. The summed E-state index contributed by atoms with van der Waals surface area (Å²) in [4.78, 5) is 12.0. The lowest BCUT2D eigenvalue weighted by Gasteiger charge is -2.08. The third-order valence-electron chi connectivity index (χ3n) is 2.61. The van der Waals surface area contributed by atoms with Gasteiger partial charge in [-0.1, -0.05) is 11.6 Å². The first-order chi connectivity index (χ1) is 9.51. The number of rotatable bonds is 2. The van der Waals surface area contributed by atoms with Crippen LogP contribution in [-0.2, 0) is 0 Å². The Labute approximate surface area is 119 Å². The number of carbonyl (C=O) groups excluding carboxylic acids is 1. The molecule has 20 heavy (non-hydrogen) atoms. The minimum atomic E-state index is -0.672. The molecule has 2 aromatic rings. The zero-order valence-corrected chi connectivity index (χ0v) is 10.9. The monoisotopic (exact) mass is 289 g/mol. The van der Waals surface area contributed by atoms with Gasteiger partial charge in [-0.3, -0.25) is 4.79 Å². The second kappa shape index (κ2) is 5.59. The molecule has 3 N–H and O–H groups in total. The van der Waals surface area contributed by atoms with Crippen molar-refractivity contribution in [2.24, 2.45) is 0 Å². The quantitative estimate of drug-likeness (QED) is 0.833. The van der Waals surface area contributed by atoms with Crippen LogP contribution in [0.2, 0.25) is 5.02 Å². The SMILES string of the molecule is N#Cc1ccc(Cl)c(NC(=O)c2ccc(N)c(F)c2)c1. The smallest absolute Gasteiger partial charge is 0.255 e. The summed E-state index contributed by atoms with van der Waals surface area (Å²) >= 11 is 5.92. The second-order valence-electron chi connectivity index (χ2n) is 4.00. The average molecular weight is 290 g/mol. The molecular weight excluding hydrogens is 281 g/mol. The molecular formula is C14H9ClFN3O. The number of hydrogen-bond acceptors (Lipinski definition) is 3. The number of nitrogens with two attached hydrogens (primary N) is 1. The van der Waals surface area contributed by atoms with Crippen molar-refractivity contribution in [2.45, 2.75) is 0 Å². The van der Waals surface area contributed by atoms with Gasteiger partial charge in [-0.25, -0.2) is 4.39 Å². The van der Waals surface area contributed by atoms with Gasteiger partial charge in [0.2, 0.25) is 0 Å². The summed E-state index contributed by atoms with van der Waals surface area (Å²) in [5, 5.41) is 11.6. The molecule has 0 unspecified atom stereocenters. The average Bonchev–Trinajstić information content (AvgIpc) is 2.44. The summed E-state index contributed by atoms with van der Waals surface area (Å²) in [5.41, 5.74) is 6.05. The number of nitrogens with zero attached hydrogens (tertiary/aromatic N) is 1. The van der Waals surface area contributed by atoms with E-state index < -0.39 is 11.7 Å². The van der Waals surface area contributed by atoms with Crippen molar-refractivity contribution < 1.29 is 9.18 Å². The van der Waals surface area contributed by atoms with Crippen molar-refractivity contribution in [3.8, 4) is 6.07 Å². The van der Waals surface area contributed by atoms with Crippen molar-refractivity contribution in [1.29, 1.82) is 5.26 Å². The van der Waals surface area contributed by atoms with Gasteiger partial charge in [-0.05, 0) is 36.4 Å². The van der Waals surface area contributed by atoms with Crippen molar-refractivity contribution in [2.75, 3.05) is 11.1 Å². The summed E-state index contributed by atoms with van der Waals surface area (Å²) in [5.74, 6) is -1.21. The molecule has 6 heteroatoms. The molecule has 4 nitrogen and oxygen atoms in total. The van der Waals surface area contributed by atoms with Crippen molar-refractivity contribution in [3.05, 3.63) is 58.4 Å². The van der Waals surface area contributed by atoms with Crippen LogP contribution in [-0.4, -0.2) is 5.91 Å². The van der Waals surface area contributed by atoms with Gasteiger partial charge in [-0.15, -0.1) is 0 Å². The topological polar surface area (TPSA) is 78.9 Å². The van der Waals surface area contributed by atoms with Gasteiger partial charge < -0.3 is 11.1 Å². The molecule has 0 aliphatic heterocycles. The van der Waals surface area contributed by atoms with Crippen LogP contribution in [0.4, 0.5) is 15.8 Å². The molecule has 1 amide bonds. The summed E-state index contributed by atoms with van der Waals surface area (Å²) in [6.07, 6.45) is 0. The van der Waals surface area contributed by atoms with E-state index in [9.17, 15) is 9.18 Å². The number of nitriles is 1. The van der Waals surface area contributed by atoms with E-state index in [2.05, 4.69) is 5.32 Å². The molecule has 0 saturated carbocycles. The molecule has 0 fully saturated rings. The lowest BCUT2D eigenvalue weighted by atomic mass is 10.1. The lowest BCUT2D eigenvalue weighted by molar-refractivity contribution is 0.102. The lowest BCUT2D eigenvalue weighted by Crippen LogP contribution is -2.13. The molecule has 0 aliphatic carbocycles. The molecule has 0 saturated heterocycles. The van der Waals surface area contributed by atoms with Crippen LogP contribution in [0.25, 0.3) is 0 Å². The van der Waals surface area contributed by atoms with E-state index in [0.29, 0.717) is 5.56 Å². The number of anilines is 2. The first-order valence-electron chi connectivity index (χ1n) is 5.57. The van der Waals surface area contributed by atoms with Crippen LogP contribution >= 0.6 is 11.6 Å². The highest BCUT2D eigenvalue weighted by Gasteiger charge is 2.11. The van der Waals surface area contributed by atoms with Gasteiger partial charge in [0, 0.05) is 5.56 Å². The van der Waals surface area contributed by atoms with E-state index in [-0.39, 0.29) is 22.0 Å². The molecule has 0 heterocycles. The molecule has 0 aliphatic rings. The van der Waals surface area contributed by atoms with Crippen LogP contribution in [0, 0.1) is 17.1 Å². The van der Waals surface area contributed by atoms with E-state index in [0.717, 1.165) is 6.07 Å². The number of benzene rings is 2. The highest BCUT2D eigenvalue weighted by molar-refractivity contribution is 6.34. The highest BCUT2D eigenvalue weighted by atomic mass is 35.5. The van der Waals surface area contributed by atoms with E-state index in [1.807, 2.05) is 6.07 Å². The van der Waals surface area contributed by atoms with E-state index in [4.69, 9.17) is 22.6 Å². The maximum Gasteiger partial charge on any atom is 0.255 e. The zero-order chi connectivity index (χ0) is 14.7. The predicted molar refractivity (Wildman–Crippen MR) is 74.9 cm³/mol. The molecule has 100 valence electrons. The Kier molecular flexibility index (Phi) is 3.87. The minimum absolute atomic E-state index is 0.0361. The Morgan fingerprint density at radius 1 is 1.30 bits per heavy atom.